The third-order valence-corrected chi connectivity index (χ3v) is 2.94. The fourth-order valence-electron chi connectivity index (χ4n) is 1.60. The van der Waals surface area contributed by atoms with Gasteiger partial charge in [-0.2, -0.15) is 0 Å². The molecule has 0 aliphatic carbocycles. The molecule has 0 fully saturated rings. The van der Waals surface area contributed by atoms with Crippen LogP contribution in [0.1, 0.15) is 11.1 Å². The van der Waals surface area contributed by atoms with Gasteiger partial charge in [-0.3, -0.25) is 0 Å². The largest absolute Gasteiger partial charge is 0.800 e. The molecule has 3 nitrogen and oxygen atoms in total. The second kappa shape index (κ2) is 5.03. The third kappa shape index (κ3) is 2.67. The van der Waals surface area contributed by atoms with Crippen LogP contribution in [0.15, 0.2) is 12.1 Å². The first kappa shape index (κ1) is 13.3. The molecular formula is C9H9AuNO2S2-2. The van der Waals surface area contributed by atoms with E-state index in [1.54, 1.807) is 12.1 Å². The summed E-state index contributed by atoms with van der Waals surface area (Å²) in [5, 5.41) is 18.6. The number of phenols is 2. The van der Waals surface area contributed by atoms with Crippen molar-refractivity contribution in [2.45, 2.75) is 17.8 Å². The Kier molecular flexibility index (Phi) is 4.46. The van der Waals surface area contributed by atoms with E-state index in [1.165, 1.54) is 0 Å². The van der Waals surface area contributed by atoms with Crippen molar-refractivity contribution in [1.82, 2.24) is 4.90 Å². The summed E-state index contributed by atoms with van der Waals surface area (Å²) in [6, 6.07) is 3.13. The molecule has 0 saturated carbocycles. The van der Waals surface area contributed by atoms with Gasteiger partial charge in [0.25, 0.3) is 0 Å². The summed E-state index contributed by atoms with van der Waals surface area (Å²) >= 11 is 9.93. The smallest absolute Gasteiger partial charge is 0.157 e. The van der Waals surface area contributed by atoms with Gasteiger partial charge in [-0.05, 0) is 23.3 Å². The Hall–Kier alpha value is 0.220. The Labute approximate surface area is 115 Å². The fourth-order valence-corrected chi connectivity index (χ4v) is 1.90. The van der Waals surface area contributed by atoms with Crippen molar-refractivity contribution >= 4 is 25.3 Å². The second-order valence-electron chi connectivity index (χ2n) is 3.32. The maximum absolute atomic E-state index is 9.29. The van der Waals surface area contributed by atoms with Crippen LogP contribution in [0.25, 0.3) is 0 Å². The van der Waals surface area contributed by atoms with Gasteiger partial charge in [-0.15, -0.1) is 0 Å². The van der Waals surface area contributed by atoms with Gasteiger partial charge in [0, 0.05) is 35.5 Å². The molecular weight excluding hydrogens is 415 g/mol. The van der Waals surface area contributed by atoms with E-state index in [0.717, 1.165) is 11.1 Å². The van der Waals surface area contributed by atoms with Crippen LogP contribution >= 0.6 is 0 Å². The predicted molar refractivity (Wildman–Crippen MR) is 57.5 cm³/mol. The summed E-state index contributed by atoms with van der Waals surface area (Å²) in [5.41, 5.74) is 1.97. The maximum atomic E-state index is 9.29. The minimum absolute atomic E-state index is 0. The van der Waals surface area contributed by atoms with E-state index in [4.69, 9.17) is 25.3 Å². The molecule has 1 aliphatic rings. The van der Waals surface area contributed by atoms with E-state index in [1.807, 2.05) is 4.90 Å². The van der Waals surface area contributed by atoms with E-state index in [-0.39, 0.29) is 38.6 Å². The summed E-state index contributed by atoms with van der Waals surface area (Å²) in [6.07, 6.45) is 0. The molecule has 1 heterocycles. The quantitative estimate of drug-likeness (QED) is 0.397. The molecule has 1 aromatic rings. The van der Waals surface area contributed by atoms with Crippen LogP contribution in [-0.2, 0) is 60.7 Å². The number of rotatable bonds is 1. The molecule has 1 aliphatic heterocycles. The van der Waals surface area contributed by atoms with E-state index >= 15 is 0 Å². The molecule has 87 valence electrons. The van der Waals surface area contributed by atoms with Crippen LogP contribution in [0.3, 0.4) is 0 Å². The average molecular weight is 424 g/mol. The van der Waals surface area contributed by atoms with Crippen molar-refractivity contribution in [1.29, 1.82) is 0 Å². The van der Waals surface area contributed by atoms with E-state index in [0.29, 0.717) is 13.1 Å². The second-order valence-corrected chi connectivity index (χ2v) is 4.51. The first-order valence-electron chi connectivity index (χ1n) is 4.17. The Balaban J connectivity index is 0.00000112. The molecule has 1 aromatic carbocycles. The average Bonchev–Trinajstić information content (AvgIpc) is 2.48. The topological polar surface area (TPSA) is 43.7 Å². The zero-order chi connectivity index (χ0) is 10.3. The van der Waals surface area contributed by atoms with Gasteiger partial charge in [0.05, 0.1) is 0 Å². The molecule has 0 atom stereocenters. The number of aromatic hydroxyl groups is 2. The molecule has 0 saturated heterocycles. The Morgan fingerprint density at radius 1 is 1.07 bits per heavy atom. The molecule has 2 rings (SSSR count). The van der Waals surface area contributed by atoms with Gasteiger partial charge < -0.3 is 40.4 Å². The van der Waals surface area contributed by atoms with Crippen LogP contribution < -0.4 is 0 Å². The van der Waals surface area contributed by atoms with Crippen LogP contribution in [0, 0.1) is 0 Å². The molecule has 0 amide bonds. The number of hydrogen-bond donors (Lipinski definition) is 2. The van der Waals surface area contributed by atoms with Crippen molar-refractivity contribution in [2.24, 2.45) is 0 Å². The first-order valence-corrected chi connectivity index (χ1v) is 5.11. The molecule has 15 heavy (non-hydrogen) atoms. The Morgan fingerprint density at radius 2 is 1.47 bits per heavy atom. The summed E-state index contributed by atoms with van der Waals surface area (Å²) in [4.78, 5) is 1.92. The van der Waals surface area contributed by atoms with Crippen molar-refractivity contribution in [3.8, 4) is 11.5 Å². The van der Waals surface area contributed by atoms with Crippen molar-refractivity contribution in [3.63, 3.8) is 0 Å². The number of phenolic OH excluding ortho intramolecular Hbond substituents is 2. The molecule has 6 heteroatoms. The summed E-state index contributed by atoms with van der Waals surface area (Å²) in [7, 11) is 0. The van der Waals surface area contributed by atoms with Crippen LogP contribution in [0.5, 0.6) is 11.5 Å². The molecule has 0 bridgehead atoms. The number of hydrogen-bond acceptors (Lipinski definition) is 5. The van der Waals surface area contributed by atoms with Crippen LogP contribution in [0.4, 0.5) is 0 Å². The van der Waals surface area contributed by atoms with Crippen molar-refractivity contribution in [2.75, 3.05) is 0 Å². The first-order chi connectivity index (χ1) is 6.58. The van der Waals surface area contributed by atoms with Crippen molar-refractivity contribution in [3.05, 3.63) is 23.3 Å². The normalized spacial score (nSPS) is 15.1. The standard InChI is InChI=1S/C9H11NO2S2.Au/c11-7-1-5-3-10(9(13)14)4-6(5)2-8(7)12;/h1-2,9,11-14H,3-4H2;/p-2. The number of benzene rings is 1. The molecule has 1 radical (unpaired) electrons. The van der Waals surface area contributed by atoms with Gasteiger partial charge in [0.15, 0.2) is 11.5 Å². The van der Waals surface area contributed by atoms with E-state index < -0.39 is 0 Å². The Bertz CT molecular complexity index is 342. The maximum Gasteiger partial charge on any atom is 0.157 e. The van der Waals surface area contributed by atoms with Crippen LogP contribution in [0.2, 0.25) is 0 Å². The van der Waals surface area contributed by atoms with Gasteiger partial charge >= 0.3 is 0 Å². The fraction of sp³-hybridized carbons (Fsp3) is 0.333. The minimum atomic E-state index is -0.341. The summed E-state index contributed by atoms with van der Waals surface area (Å²) in [6.45, 7) is 1.31. The summed E-state index contributed by atoms with van der Waals surface area (Å²) in [5.74, 6) is -0.174. The van der Waals surface area contributed by atoms with Gasteiger partial charge in [0.1, 0.15) is 0 Å². The van der Waals surface area contributed by atoms with Crippen molar-refractivity contribution < 1.29 is 32.6 Å². The van der Waals surface area contributed by atoms with Gasteiger partial charge in [-0.1, -0.05) is 0 Å². The third-order valence-electron chi connectivity index (χ3n) is 2.34. The van der Waals surface area contributed by atoms with Gasteiger partial charge in [0.2, 0.25) is 0 Å². The Morgan fingerprint density at radius 3 is 1.80 bits per heavy atom. The monoisotopic (exact) mass is 424 g/mol. The predicted octanol–water partition coefficient (Wildman–Crippen LogP) is 0.788. The van der Waals surface area contributed by atoms with E-state index in [9.17, 15) is 10.2 Å². The zero-order valence-electron chi connectivity index (χ0n) is 7.61. The van der Waals surface area contributed by atoms with Gasteiger partial charge in [-0.25, -0.2) is 4.71 Å². The number of fused-ring (bicyclic) bond motifs is 1. The molecule has 2 N–H and O–H groups in total. The molecule has 0 spiro atoms. The summed E-state index contributed by atoms with van der Waals surface area (Å²) < 4.78 is -0.341. The molecule has 0 unspecified atom stereocenters. The zero-order valence-corrected chi connectivity index (χ0v) is 11.4. The minimum Gasteiger partial charge on any atom is -0.800 e. The SMILES string of the molecule is Oc1cc2c(cc1O)CN(C([S-])[S-])C2.[Au]. The molecule has 0 aromatic heterocycles. The number of nitrogens with zero attached hydrogens (tertiary/aromatic N) is 1. The van der Waals surface area contributed by atoms with Crippen LogP contribution in [-0.4, -0.2) is 19.8 Å². The van der Waals surface area contributed by atoms with E-state index in [2.05, 4.69) is 0 Å².